The Hall–Kier alpha value is -1.31. The van der Waals surface area contributed by atoms with Gasteiger partial charge in [-0.05, 0) is 42.9 Å². The summed E-state index contributed by atoms with van der Waals surface area (Å²) < 4.78 is 0. The van der Waals surface area contributed by atoms with E-state index in [1.807, 2.05) is 39.1 Å². The van der Waals surface area contributed by atoms with E-state index in [1.165, 1.54) is 12.8 Å². The van der Waals surface area contributed by atoms with Crippen LogP contribution in [0.1, 0.15) is 45.6 Å². The highest BCUT2D eigenvalue weighted by molar-refractivity contribution is 14.0. The molecule has 0 saturated carbocycles. The van der Waals surface area contributed by atoms with Crippen LogP contribution in [0.25, 0.3) is 0 Å². The van der Waals surface area contributed by atoms with Crippen molar-refractivity contribution in [3.8, 4) is 0 Å². The second kappa shape index (κ2) is 11.4. The highest BCUT2D eigenvalue weighted by Gasteiger charge is 2.19. The number of halogens is 1. The first-order valence-corrected chi connectivity index (χ1v) is 9.38. The zero-order valence-electron chi connectivity index (χ0n) is 16.4. The Kier molecular flexibility index (Phi) is 9.98. The van der Waals surface area contributed by atoms with E-state index in [2.05, 4.69) is 33.5 Å². The number of rotatable bonds is 5. The molecule has 0 radical (unpaired) electrons. The number of guanidine groups is 1. The molecule has 146 valence electrons. The van der Waals surface area contributed by atoms with Gasteiger partial charge in [0.2, 0.25) is 5.91 Å². The van der Waals surface area contributed by atoms with Crippen LogP contribution in [0.15, 0.2) is 29.3 Å². The topological polar surface area (TPSA) is 56.7 Å². The molecule has 2 rings (SSSR count). The van der Waals surface area contributed by atoms with Gasteiger partial charge in [-0.25, -0.2) is 0 Å². The van der Waals surface area contributed by atoms with Crippen LogP contribution in [-0.4, -0.2) is 36.9 Å². The van der Waals surface area contributed by atoms with Crippen LogP contribution in [0.5, 0.6) is 0 Å². The van der Waals surface area contributed by atoms with Crippen molar-refractivity contribution in [3.05, 3.63) is 29.8 Å². The summed E-state index contributed by atoms with van der Waals surface area (Å²) in [5, 5.41) is 6.45. The van der Waals surface area contributed by atoms with Gasteiger partial charge < -0.3 is 15.5 Å². The van der Waals surface area contributed by atoms with Gasteiger partial charge in [0.15, 0.2) is 5.96 Å². The fourth-order valence-electron chi connectivity index (χ4n) is 3.11. The first-order valence-electron chi connectivity index (χ1n) is 9.38. The lowest BCUT2D eigenvalue weighted by Crippen LogP contribution is -2.45. The third-order valence-electron chi connectivity index (χ3n) is 4.87. The zero-order valence-corrected chi connectivity index (χ0v) is 18.7. The minimum absolute atomic E-state index is 0. The quantitative estimate of drug-likeness (QED) is 0.386. The summed E-state index contributed by atoms with van der Waals surface area (Å²) in [6.07, 6.45) is 3.36. The number of anilines is 1. The predicted octanol–water partition coefficient (Wildman–Crippen LogP) is 4.10. The van der Waals surface area contributed by atoms with E-state index in [4.69, 9.17) is 0 Å². The summed E-state index contributed by atoms with van der Waals surface area (Å²) in [5.41, 5.74) is 1.99. The van der Waals surface area contributed by atoms with Crippen molar-refractivity contribution < 1.29 is 4.79 Å². The molecule has 1 amide bonds. The number of hydrogen-bond donors (Lipinski definition) is 2. The molecular weight excluding hydrogens is 439 g/mol. The van der Waals surface area contributed by atoms with Gasteiger partial charge in [-0.1, -0.05) is 32.9 Å². The number of benzene rings is 1. The molecule has 1 fully saturated rings. The van der Waals surface area contributed by atoms with Gasteiger partial charge in [0.1, 0.15) is 0 Å². The van der Waals surface area contributed by atoms with Crippen LogP contribution in [0.3, 0.4) is 0 Å². The van der Waals surface area contributed by atoms with Crippen LogP contribution >= 0.6 is 24.0 Å². The molecular formula is C20H33IN4O. The Morgan fingerprint density at radius 3 is 2.85 bits per heavy atom. The van der Waals surface area contributed by atoms with Crippen LogP contribution in [0.4, 0.5) is 5.69 Å². The van der Waals surface area contributed by atoms with Gasteiger partial charge in [0, 0.05) is 38.3 Å². The number of amides is 1. The van der Waals surface area contributed by atoms with Crippen LogP contribution in [0, 0.1) is 11.8 Å². The van der Waals surface area contributed by atoms with Crippen molar-refractivity contribution in [2.45, 2.75) is 46.6 Å². The fourth-order valence-corrected chi connectivity index (χ4v) is 3.11. The number of piperidine rings is 1. The highest BCUT2D eigenvalue weighted by Crippen LogP contribution is 2.16. The number of likely N-dealkylation sites (tertiary alicyclic amines) is 1. The number of nitrogens with one attached hydrogen (secondary N) is 2. The van der Waals surface area contributed by atoms with Gasteiger partial charge in [0.05, 0.1) is 0 Å². The van der Waals surface area contributed by atoms with Crippen LogP contribution in [-0.2, 0) is 11.3 Å². The maximum absolute atomic E-state index is 12.1. The molecule has 0 bridgehead atoms. The van der Waals surface area contributed by atoms with Crippen molar-refractivity contribution >= 4 is 41.5 Å². The largest absolute Gasteiger partial charge is 0.352 e. The van der Waals surface area contributed by atoms with Crippen molar-refractivity contribution in [1.82, 2.24) is 10.2 Å². The summed E-state index contributed by atoms with van der Waals surface area (Å²) in [5.74, 6) is 1.78. The molecule has 1 aromatic carbocycles. The molecule has 6 heteroatoms. The molecule has 5 nitrogen and oxygen atoms in total. The van der Waals surface area contributed by atoms with Gasteiger partial charge >= 0.3 is 0 Å². The fraction of sp³-hybridized carbons (Fsp3) is 0.600. The van der Waals surface area contributed by atoms with E-state index in [9.17, 15) is 4.79 Å². The maximum Gasteiger partial charge on any atom is 0.227 e. The van der Waals surface area contributed by atoms with E-state index >= 15 is 0 Å². The second-order valence-electron chi connectivity index (χ2n) is 7.09. The average Bonchev–Trinajstić information content (AvgIpc) is 2.62. The van der Waals surface area contributed by atoms with E-state index in [-0.39, 0.29) is 35.8 Å². The lowest BCUT2D eigenvalue weighted by Gasteiger charge is -2.33. The molecule has 2 N–H and O–H groups in total. The Bertz CT molecular complexity index is 605. The van der Waals surface area contributed by atoms with Crippen LogP contribution < -0.4 is 10.6 Å². The van der Waals surface area contributed by atoms with Gasteiger partial charge in [-0.15, -0.1) is 24.0 Å². The molecule has 1 heterocycles. The molecule has 1 saturated heterocycles. The number of hydrogen-bond acceptors (Lipinski definition) is 2. The molecule has 0 spiro atoms. The molecule has 2 unspecified atom stereocenters. The number of nitrogens with zero attached hydrogens (tertiary/aromatic N) is 2. The summed E-state index contributed by atoms with van der Waals surface area (Å²) in [6.45, 7) is 9.09. The predicted molar refractivity (Wildman–Crippen MR) is 120 cm³/mol. The molecule has 1 aliphatic heterocycles. The zero-order chi connectivity index (χ0) is 18.2. The van der Waals surface area contributed by atoms with Gasteiger partial charge in [-0.2, -0.15) is 0 Å². The van der Waals surface area contributed by atoms with E-state index < -0.39 is 0 Å². The number of carbonyl (C=O) groups excluding carboxylic acids is 1. The van der Waals surface area contributed by atoms with E-state index in [0.717, 1.165) is 36.7 Å². The smallest absolute Gasteiger partial charge is 0.227 e. The van der Waals surface area contributed by atoms with Crippen LogP contribution in [0.2, 0.25) is 0 Å². The third-order valence-corrected chi connectivity index (χ3v) is 4.87. The summed E-state index contributed by atoms with van der Waals surface area (Å²) >= 11 is 0. The minimum Gasteiger partial charge on any atom is -0.352 e. The highest BCUT2D eigenvalue weighted by atomic mass is 127. The Morgan fingerprint density at radius 1 is 1.42 bits per heavy atom. The SMILES string of the molecule is CCC(C)C(=O)Nc1cccc(CNC(=NC)N2CCCC(C)C2)c1.I. The van der Waals surface area contributed by atoms with E-state index in [0.29, 0.717) is 12.5 Å². The number of aliphatic imine (C=N–C) groups is 1. The average molecular weight is 472 g/mol. The first kappa shape index (κ1) is 22.7. The second-order valence-corrected chi connectivity index (χ2v) is 7.09. The first-order chi connectivity index (χ1) is 12.0. The van der Waals surface area contributed by atoms with Crippen molar-refractivity contribution in [2.75, 3.05) is 25.5 Å². The molecule has 0 aliphatic carbocycles. The normalized spacial score (nSPS) is 18.7. The van der Waals surface area contributed by atoms with Gasteiger partial charge in [0.25, 0.3) is 0 Å². The lowest BCUT2D eigenvalue weighted by atomic mass is 10.0. The number of carbonyl (C=O) groups is 1. The lowest BCUT2D eigenvalue weighted by molar-refractivity contribution is -0.119. The summed E-state index contributed by atoms with van der Waals surface area (Å²) in [6, 6.07) is 8.01. The molecule has 2 atom stereocenters. The third kappa shape index (κ3) is 6.78. The molecule has 1 aromatic rings. The van der Waals surface area contributed by atoms with Crippen molar-refractivity contribution in [3.63, 3.8) is 0 Å². The standard InChI is InChI=1S/C20H32N4O.HI/c1-5-16(3)19(25)23-18-10-6-9-17(12-18)13-22-20(21-4)24-11-7-8-15(2)14-24;/h6,9-10,12,15-16H,5,7-8,11,13-14H2,1-4H3,(H,21,22)(H,23,25);1H. The molecule has 0 aromatic heterocycles. The van der Waals surface area contributed by atoms with E-state index in [1.54, 1.807) is 0 Å². The Balaban J connectivity index is 0.00000338. The minimum atomic E-state index is 0. The summed E-state index contributed by atoms with van der Waals surface area (Å²) in [7, 11) is 1.84. The van der Waals surface area contributed by atoms with Crippen molar-refractivity contribution in [1.29, 1.82) is 0 Å². The Labute approximate surface area is 175 Å². The monoisotopic (exact) mass is 472 g/mol. The Morgan fingerprint density at radius 2 is 2.19 bits per heavy atom. The van der Waals surface area contributed by atoms with Crippen molar-refractivity contribution in [2.24, 2.45) is 16.8 Å². The maximum atomic E-state index is 12.1. The van der Waals surface area contributed by atoms with Gasteiger partial charge in [-0.3, -0.25) is 9.79 Å². The molecule has 1 aliphatic rings. The molecule has 26 heavy (non-hydrogen) atoms. The summed E-state index contributed by atoms with van der Waals surface area (Å²) in [4.78, 5) is 18.8.